The number of rotatable bonds is 2. The molecule has 2 aromatic heterocycles. The zero-order valence-electron chi connectivity index (χ0n) is 6.99. The van der Waals surface area contributed by atoms with Crippen molar-refractivity contribution in [3.8, 4) is 0 Å². The predicted octanol–water partition coefficient (Wildman–Crippen LogP) is 1.05. The van der Waals surface area contributed by atoms with Crippen molar-refractivity contribution in [1.82, 2.24) is 14.9 Å². The van der Waals surface area contributed by atoms with E-state index in [0.29, 0.717) is 0 Å². The lowest BCUT2D eigenvalue weighted by atomic mass is 10.2. The Labute approximate surface area is 71.0 Å². The molecule has 2 rings (SSSR count). The van der Waals surface area contributed by atoms with Gasteiger partial charge in [0.2, 0.25) is 0 Å². The minimum Gasteiger partial charge on any atom is -0.316 e. The van der Waals surface area contributed by atoms with Crippen molar-refractivity contribution in [3.05, 3.63) is 36.2 Å². The fourth-order valence-electron chi connectivity index (χ4n) is 1.28. The van der Waals surface area contributed by atoms with E-state index in [-0.39, 0.29) is 0 Å². The van der Waals surface area contributed by atoms with Crippen LogP contribution < -0.4 is 5.32 Å². The van der Waals surface area contributed by atoms with E-state index in [2.05, 4.69) is 22.5 Å². The van der Waals surface area contributed by atoms with Gasteiger partial charge in [-0.2, -0.15) is 5.10 Å². The molecule has 3 nitrogen and oxygen atoms in total. The highest BCUT2D eigenvalue weighted by Gasteiger charge is 1.94. The number of aromatic nitrogens is 2. The molecular weight excluding hydrogens is 150 g/mol. The molecule has 0 aromatic carbocycles. The zero-order valence-corrected chi connectivity index (χ0v) is 6.99. The number of hydrogen-bond donors (Lipinski definition) is 1. The van der Waals surface area contributed by atoms with Crippen molar-refractivity contribution in [2.75, 3.05) is 7.05 Å². The molecule has 2 heterocycles. The van der Waals surface area contributed by atoms with Gasteiger partial charge < -0.3 is 5.32 Å². The fraction of sp³-hybridized carbons (Fsp3) is 0.222. The average Bonchev–Trinajstić information content (AvgIpc) is 2.51. The summed E-state index contributed by atoms with van der Waals surface area (Å²) in [5, 5.41) is 7.23. The van der Waals surface area contributed by atoms with E-state index in [1.165, 1.54) is 5.56 Å². The second kappa shape index (κ2) is 2.95. The highest BCUT2D eigenvalue weighted by Crippen LogP contribution is 2.05. The summed E-state index contributed by atoms with van der Waals surface area (Å²) in [4.78, 5) is 0. The maximum Gasteiger partial charge on any atom is 0.0664 e. The SMILES string of the molecule is CNCc1ccn2nccc2c1. The Hall–Kier alpha value is -1.35. The van der Waals surface area contributed by atoms with Gasteiger partial charge in [-0.15, -0.1) is 0 Å². The summed E-state index contributed by atoms with van der Waals surface area (Å²) in [5.41, 5.74) is 2.42. The van der Waals surface area contributed by atoms with Gasteiger partial charge in [0.25, 0.3) is 0 Å². The zero-order chi connectivity index (χ0) is 8.39. The lowest BCUT2D eigenvalue weighted by Gasteiger charge is -1.99. The van der Waals surface area contributed by atoms with Crippen molar-refractivity contribution in [2.45, 2.75) is 6.54 Å². The highest BCUT2D eigenvalue weighted by atomic mass is 15.2. The maximum atomic E-state index is 4.12. The molecule has 12 heavy (non-hydrogen) atoms. The minimum atomic E-state index is 0.904. The van der Waals surface area contributed by atoms with E-state index in [0.717, 1.165) is 12.1 Å². The number of fused-ring (bicyclic) bond motifs is 1. The Balaban J connectivity index is 2.46. The fourth-order valence-corrected chi connectivity index (χ4v) is 1.28. The normalized spacial score (nSPS) is 10.8. The molecule has 0 unspecified atom stereocenters. The molecule has 0 fully saturated rings. The Kier molecular flexibility index (Phi) is 1.80. The number of hydrogen-bond acceptors (Lipinski definition) is 2. The molecule has 0 spiro atoms. The van der Waals surface area contributed by atoms with Gasteiger partial charge in [0, 0.05) is 18.9 Å². The maximum absolute atomic E-state index is 4.12. The average molecular weight is 161 g/mol. The van der Waals surface area contributed by atoms with E-state index in [4.69, 9.17) is 0 Å². The lowest BCUT2D eigenvalue weighted by Crippen LogP contribution is -2.05. The van der Waals surface area contributed by atoms with Crippen LogP contribution in [0.1, 0.15) is 5.56 Å². The highest BCUT2D eigenvalue weighted by molar-refractivity contribution is 5.47. The summed E-state index contributed by atoms with van der Waals surface area (Å²) in [5.74, 6) is 0. The lowest BCUT2D eigenvalue weighted by molar-refractivity contribution is 0.813. The van der Waals surface area contributed by atoms with E-state index < -0.39 is 0 Å². The van der Waals surface area contributed by atoms with E-state index in [1.54, 1.807) is 6.20 Å². The van der Waals surface area contributed by atoms with Crippen molar-refractivity contribution in [3.63, 3.8) is 0 Å². The second-order valence-electron chi connectivity index (χ2n) is 2.77. The molecule has 0 saturated carbocycles. The van der Waals surface area contributed by atoms with Crippen LogP contribution in [0.15, 0.2) is 30.6 Å². The first-order chi connectivity index (χ1) is 5.90. The summed E-state index contributed by atoms with van der Waals surface area (Å²) < 4.78 is 1.86. The van der Waals surface area contributed by atoms with E-state index in [9.17, 15) is 0 Å². The molecule has 3 heteroatoms. The van der Waals surface area contributed by atoms with E-state index >= 15 is 0 Å². The van der Waals surface area contributed by atoms with Crippen LogP contribution in [-0.2, 0) is 6.54 Å². The summed E-state index contributed by atoms with van der Waals surface area (Å²) in [7, 11) is 1.95. The van der Waals surface area contributed by atoms with Gasteiger partial charge >= 0.3 is 0 Å². The number of nitrogens with one attached hydrogen (secondary N) is 1. The summed E-state index contributed by atoms with van der Waals surface area (Å²) in [6.07, 6.45) is 3.78. The third-order valence-corrected chi connectivity index (χ3v) is 1.84. The van der Waals surface area contributed by atoms with Crippen molar-refractivity contribution >= 4 is 5.52 Å². The van der Waals surface area contributed by atoms with Crippen LogP contribution in [0.4, 0.5) is 0 Å². The largest absolute Gasteiger partial charge is 0.316 e. The Morgan fingerprint density at radius 2 is 2.42 bits per heavy atom. The molecular formula is C9H11N3. The predicted molar refractivity (Wildman–Crippen MR) is 48.0 cm³/mol. The first-order valence-corrected chi connectivity index (χ1v) is 3.97. The van der Waals surface area contributed by atoms with Crippen LogP contribution in [0, 0.1) is 0 Å². The van der Waals surface area contributed by atoms with Crippen molar-refractivity contribution in [2.24, 2.45) is 0 Å². The topological polar surface area (TPSA) is 29.3 Å². The molecule has 0 radical (unpaired) electrons. The van der Waals surface area contributed by atoms with Crippen molar-refractivity contribution in [1.29, 1.82) is 0 Å². The van der Waals surface area contributed by atoms with Gasteiger partial charge in [0.05, 0.1) is 5.52 Å². The number of nitrogens with zero attached hydrogens (tertiary/aromatic N) is 2. The Morgan fingerprint density at radius 3 is 3.25 bits per heavy atom. The molecule has 0 amide bonds. The van der Waals surface area contributed by atoms with Gasteiger partial charge in [-0.1, -0.05) is 0 Å². The Bertz CT molecular complexity index is 378. The van der Waals surface area contributed by atoms with Crippen LogP contribution >= 0.6 is 0 Å². The molecule has 1 N–H and O–H groups in total. The first kappa shape index (κ1) is 7.31. The third kappa shape index (κ3) is 1.19. The summed E-state index contributed by atoms with van der Waals surface area (Å²) in [6, 6.07) is 6.19. The minimum absolute atomic E-state index is 0.904. The molecule has 0 aliphatic heterocycles. The molecule has 0 atom stereocenters. The standard InChI is InChI=1S/C9H11N3/c1-10-7-8-3-5-12-9(6-8)2-4-11-12/h2-6,10H,7H2,1H3. The van der Waals surface area contributed by atoms with Gasteiger partial charge in [-0.3, -0.25) is 0 Å². The summed E-state index contributed by atoms with van der Waals surface area (Å²) >= 11 is 0. The van der Waals surface area contributed by atoms with Gasteiger partial charge in [-0.05, 0) is 30.8 Å². The van der Waals surface area contributed by atoms with Gasteiger partial charge in [-0.25, -0.2) is 4.52 Å². The van der Waals surface area contributed by atoms with Crippen LogP contribution in [0.2, 0.25) is 0 Å². The molecule has 2 aromatic rings. The first-order valence-electron chi connectivity index (χ1n) is 3.97. The van der Waals surface area contributed by atoms with Gasteiger partial charge in [0.15, 0.2) is 0 Å². The second-order valence-corrected chi connectivity index (χ2v) is 2.77. The van der Waals surface area contributed by atoms with Crippen molar-refractivity contribution < 1.29 is 0 Å². The molecule has 0 aliphatic rings. The molecule has 0 bridgehead atoms. The van der Waals surface area contributed by atoms with Gasteiger partial charge in [0.1, 0.15) is 0 Å². The summed E-state index contributed by atoms with van der Waals surface area (Å²) in [6.45, 7) is 0.904. The third-order valence-electron chi connectivity index (χ3n) is 1.84. The van der Waals surface area contributed by atoms with Crippen LogP contribution in [0.5, 0.6) is 0 Å². The van der Waals surface area contributed by atoms with Crippen LogP contribution in [-0.4, -0.2) is 16.7 Å². The van der Waals surface area contributed by atoms with Crippen LogP contribution in [0.25, 0.3) is 5.52 Å². The molecule has 0 saturated heterocycles. The molecule has 0 aliphatic carbocycles. The quantitative estimate of drug-likeness (QED) is 0.713. The van der Waals surface area contributed by atoms with E-state index in [1.807, 2.05) is 23.8 Å². The monoisotopic (exact) mass is 161 g/mol. The smallest absolute Gasteiger partial charge is 0.0664 e. The van der Waals surface area contributed by atoms with Crippen LogP contribution in [0.3, 0.4) is 0 Å². The Morgan fingerprint density at radius 1 is 1.50 bits per heavy atom. The number of pyridine rings is 1. The molecule has 62 valence electrons.